The molecule has 2 heterocycles. The fraction of sp³-hybridized carbons (Fsp3) is 0.0714. The standard InChI is InChI=1S/C14H10ClN3O3/c15-10-4-1-3-9(7-10)13-17-12(21-18-13)8-16-14(19)11-5-2-6-20-11/h1-7H,8H2,(H,16,19). The van der Waals surface area contributed by atoms with Crippen molar-refractivity contribution < 1.29 is 13.7 Å². The lowest BCUT2D eigenvalue weighted by Gasteiger charge is -1.97. The third kappa shape index (κ3) is 3.11. The van der Waals surface area contributed by atoms with Crippen LogP contribution in [-0.4, -0.2) is 16.0 Å². The first-order valence-corrected chi connectivity index (χ1v) is 6.50. The summed E-state index contributed by atoms with van der Waals surface area (Å²) in [5, 5.41) is 7.06. The van der Waals surface area contributed by atoms with Gasteiger partial charge >= 0.3 is 0 Å². The molecule has 0 spiro atoms. The number of amides is 1. The monoisotopic (exact) mass is 303 g/mol. The van der Waals surface area contributed by atoms with Crippen molar-refractivity contribution >= 4 is 17.5 Å². The highest BCUT2D eigenvalue weighted by Crippen LogP contribution is 2.19. The highest BCUT2D eigenvalue weighted by Gasteiger charge is 2.12. The van der Waals surface area contributed by atoms with E-state index >= 15 is 0 Å². The van der Waals surface area contributed by atoms with E-state index < -0.39 is 0 Å². The smallest absolute Gasteiger partial charge is 0.287 e. The van der Waals surface area contributed by atoms with Gasteiger partial charge in [0.15, 0.2) is 5.76 Å². The molecule has 0 saturated heterocycles. The number of halogens is 1. The van der Waals surface area contributed by atoms with Crippen LogP contribution in [-0.2, 0) is 6.54 Å². The largest absolute Gasteiger partial charge is 0.459 e. The fourth-order valence-electron chi connectivity index (χ4n) is 1.72. The van der Waals surface area contributed by atoms with Crippen molar-refractivity contribution in [3.63, 3.8) is 0 Å². The van der Waals surface area contributed by atoms with Crippen molar-refractivity contribution in [2.24, 2.45) is 0 Å². The first-order valence-electron chi connectivity index (χ1n) is 6.12. The summed E-state index contributed by atoms with van der Waals surface area (Å²) in [6, 6.07) is 10.3. The molecule has 0 saturated carbocycles. The lowest BCUT2D eigenvalue weighted by Crippen LogP contribution is -2.22. The Kier molecular flexibility index (Phi) is 3.70. The maximum atomic E-state index is 11.7. The summed E-state index contributed by atoms with van der Waals surface area (Å²) >= 11 is 5.91. The molecule has 7 heteroatoms. The van der Waals surface area contributed by atoms with Crippen molar-refractivity contribution in [2.45, 2.75) is 6.54 Å². The van der Waals surface area contributed by atoms with Gasteiger partial charge in [-0.05, 0) is 24.3 Å². The summed E-state index contributed by atoms with van der Waals surface area (Å²) in [6.45, 7) is 0.118. The number of rotatable bonds is 4. The van der Waals surface area contributed by atoms with Gasteiger partial charge in [-0.2, -0.15) is 4.98 Å². The number of furan rings is 1. The average Bonchev–Trinajstić information content (AvgIpc) is 3.16. The zero-order valence-electron chi connectivity index (χ0n) is 10.7. The van der Waals surface area contributed by atoms with Crippen LogP contribution < -0.4 is 5.32 Å². The number of nitrogens with one attached hydrogen (secondary N) is 1. The molecule has 2 aromatic heterocycles. The minimum absolute atomic E-state index is 0.118. The van der Waals surface area contributed by atoms with Gasteiger partial charge in [-0.25, -0.2) is 0 Å². The molecule has 3 aromatic rings. The van der Waals surface area contributed by atoms with Crippen LogP contribution in [0.3, 0.4) is 0 Å². The zero-order valence-corrected chi connectivity index (χ0v) is 11.5. The van der Waals surface area contributed by atoms with E-state index in [1.54, 1.807) is 30.3 Å². The van der Waals surface area contributed by atoms with Gasteiger partial charge in [-0.3, -0.25) is 4.79 Å². The Labute approximate surface area is 124 Å². The molecule has 0 bridgehead atoms. The van der Waals surface area contributed by atoms with Crippen molar-refractivity contribution in [1.29, 1.82) is 0 Å². The maximum Gasteiger partial charge on any atom is 0.287 e. The van der Waals surface area contributed by atoms with Gasteiger partial charge in [0.2, 0.25) is 11.7 Å². The summed E-state index contributed by atoms with van der Waals surface area (Å²) in [5.74, 6) is 0.594. The molecule has 0 aliphatic heterocycles. The Morgan fingerprint density at radius 2 is 2.19 bits per heavy atom. The summed E-state index contributed by atoms with van der Waals surface area (Å²) in [7, 11) is 0. The summed E-state index contributed by atoms with van der Waals surface area (Å²) in [4.78, 5) is 15.9. The Morgan fingerprint density at radius 1 is 1.29 bits per heavy atom. The number of carbonyl (C=O) groups excluding carboxylic acids is 1. The highest BCUT2D eigenvalue weighted by atomic mass is 35.5. The molecule has 0 aliphatic rings. The normalized spacial score (nSPS) is 10.5. The minimum atomic E-state index is -0.345. The number of hydrogen-bond acceptors (Lipinski definition) is 5. The number of aromatic nitrogens is 2. The number of nitrogens with zero attached hydrogens (tertiary/aromatic N) is 2. The number of carbonyl (C=O) groups is 1. The predicted molar refractivity (Wildman–Crippen MR) is 74.6 cm³/mol. The molecule has 0 unspecified atom stereocenters. The van der Waals surface area contributed by atoms with Crippen LogP contribution >= 0.6 is 11.6 Å². The van der Waals surface area contributed by atoms with E-state index in [0.29, 0.717) is 16.7 Å². The van der Waals surface area contributed by atoms with Gasteiger partial charge in [-0.1, -0.05) is 28.9 Å². The second kappa shape index (κ2) is 5.80. The molecular weight excluding hydrogens is 294 g/mol. The van der Waals surface area contributed by atoms with E-state index in [1.165, 1.54) is 6.26 Å². The average molecular weight is 304 g/mol. The first kappa shape index (κ1) is 13.4. The topological polar surface area (TPSA) is 81.2 Å². The van der Waals surface area contributed by atoms with Gasteiger partial charge in [-0.15, -0.1) is 0 Å². The molecule has 1 amide bonds. The van der Waals surface area contributed by atoms with E-state index in [1.807, 2.05) is 6.07 Å². The Bertz CT molecular complexity index is 752. The molecular formula is C14H10ClN3O3. The van der Waals surface area contributed by atoms with Crippen LogP contribution in [0.1, 0.15) is 16.4 Å². The van der Waals surface area contributed by atoms with Crippen molar-refractivity contribution in [3.8, 4) is 11.4 Å². The Hall–Kier alpha value is -2.60. The molecule has 106 valence electrons. The SMILES string of the molecule is O=C(NCc1nc(-c2cccc(Cl)c2)no1)c1ccco1. The van der Waals surface area contributed by atoms with Gasteiger partial charge in [0.25, 0.3) is 5.91 Å². The van der Waals surface area contributed by atoms with Crippen LogP contribution in [0.15, 0.2) is 51.6 Å². The molecule has 1 aromatic carbocycles. The van der Waals surface area contributed by atoms with Crippen LogP contribution in [0.5, 0.6) is 0 Å². The van der Waals surface area contributed by atoms with Gasteiger partial charge < -0.3 is 14.3 Å². The van der Waals surface area contributed by atoms with Crippen molar-refractivity contribution in [2.75, 3.05) is 0 Å². The Morgan fingerprint density at radius 3 is 2.95 bits per heavy atom. The lowest BCUT2D eigenvalue weighted by molar-refractivity contribution is 0.0918. The van der Waals surface area contributed by atoms with E-state index in [4.69, 9.17) is 20.5 Å². The van der Waals surface area contributed by atoms with Crippen LogP contribution in [0.2, 0.25) is 5.02 Å². The van der Waals surface area contributed by atoms with E-state index in [2.05, 4.69) is 15.5 Å². The van der Waals surface area contributed by atoms with E-state index in [0.717, 1.165) is 5.56 Å². The fourth-order valence-corrected chi connectivity index (χ4v) is 1.91. The molecule has 0 atom stereocenters. The van der Waals surface area contributed by atoms with Crippen molar-refractivity contribution in [3.05, 3.63) is 59.3 Å². The van der Waals surface area contributed by atoms with Crippen LogP contribution in [0.4, 0.5) is 0 Å². The number of benzene rings is 1. The van der Waals surface area contributed by atoms with Crippen LogP contribution in [0.25, 0.3) is 11.4 Å². The molecule has 0 fully saturated rings. The first-order chi connectivity index (χ1) is 10.2. The second-order valence-corrected chi connectivity index (χ2v) is 4.62. The van der Waals surface area contributed by atoms with E-state index in [9.17, 15) is 4.79 Å². The molecule has 3 rings (SSSR count). The number of hydrogen-bond donors (Lipinski definition) is 1. The summed E-state index contributed by atoms with van der Waals surface area (Å²) in [5.41, 5.74) is 0.745. The quantitative estimate of drug-likeness (QED) is 0.801. The third-order valence-electron chi connectivity index (χ3n) is 2.70. The molecule has 1 N–H and O–H groups in total. The summed E-state index contributed by atoms with van der Waals surface area (Å²) in [6.07, 6.45) is 1.43. The molecule has 0 aliphatic carbocycles. The van der Waals surface area contributed by atoms with Gasteiger partial charge in [0, 0.05) is 10.6 Å². The predicted octanol–water partition coefficient (Wildman–Crippen LogP) is 2.91. The second-order valence-electron chi connectivity index (χ2n) is 4.18. The zero-order chi connectivity index (χ0) is 14.7. The minimum Gasteiger partial charge on any atom is -0.459 e. The van der Waals surface area contributed by atoms with Gasteiger partial charge in [0.1, 0.15) is 0 Å². The highest BCUT2D eigenvalue weighted by molar-refractivity contribution is 6.30. The molecule has 0 radical (unpaired) electrons. The Balaban J connectivity index is 1.67. The maximum absolute atomic E-state index is 11.7. The lowest BCUT2D eigenvalue weighted by atomic mass is 10.2. The molecule has 6 nitrogen and oxygen atoms in total. The summed E-state index contributed by atoms with van der Waals surface area (Å²) < 4.78 is 10.1. The van der Waals surface area contributed by atoms with Crippen molar-refractivity contribution in [1.82, 2.24) is 15.5 Å². The molecule has 21 heavy (non-hydrogen) atoms. The van der Waals surface area contributed by atoms with Crippen LogP contribution in [0, 0.1) is 0 Å². The van der Waals surface area contributed by atoms with Gasteiger partial charge in [0.05, 0.1) is 12.8 Å². The third-order valence-corrected chi connectivity index (χ3v) is 2.93. The van der Waals surface area contributed by atoms with E-state index in [-0.39, 0.29) is 18.2 Å².